The van der Waals surface area contributed by atoms with Gasteiger partial charge in [0.2, 0.25) is 0 Å². The van der Waals surface area contributed by atoms with Crippen molar-refractivity contribution >= 4 is 11.9 Å². The van der Waals surface area contributed by atoms with Gasteiger partial charge in [0.25, 0.3) is 0 Å². The number of carbonyl (C=O) groups is 2. The van der Waals surface area contributed by atoms with Gasteiger partial charge < -0.3 is 9.84 Å². The van der Waals surface area contributed by atoms with E-state index in [9.17, 15) is 9.59 Å². The molecule has 0 bridgehead atoms. The first-order valence-electron chi connectivity index (χ1n) is 4.64. The number of carboxylic acid groups (broad SMARTS) is 1. The van der Waals surface area contributed by atoms with Gasteiger partial charge in [-0.15, -0.1) is 0 Å². The Hall–Kier alpha value is -1.32. The Bertz CT molecular complexity index is 220. The fourth-order valence-electron chi connectivity index (χ4n) is 0.993. The van der Waals surface area contributed by atoms with E-state index in [4.69, 9.17) is 9.84 Å². The van der Waals surface area contributed by atoms with Crippen LogP contribution in [0.2, 0.25) is 0 Å². The lowest BCUT2D eigenvalue weighted by Gasteiger charge is -2.10. The predicted octanol–water partition coefficient (Wildman–Crippen LogP) is 1.61. The van der Waals surface area contributed by atoms with E-state index >= 15 is 0 Å². The van der Waals surface area contributed by atoms with Crippen LogP contribution in [0.4, 0.5) is 0 Å². The molecule has 4 heteroatoms. The summed E-state index contributed by atoms with van der Waals surface area (Å²) in [6.07, 6.45) is 4.11. The second kappa shape index (κ2) is 7.12. The highest BCUT2D eigenvalue weighted by Gasteiger charge is 2.17. The zero-order valence-electron chi connectivity index (χ0n) is 8.53. The van der Waals surface area contributed by atoms with E-state index in [-0.39, 0.29) is 6.61 Å². The van der Waals surface area contributed by atoms with Crippen molar-refractivity contribution in [2.45, 2.75) is 26.7 Å². The normalized spacial score (nSPS) is 12.7. The number of hydrogen-bond acceptors (Lipinski definition) is 3. The van der Waals surface area contributed by atoms with Crippen LogP contribution in [0.3, 0.4) is 0 Å². The summed E-state index contributed by atoms with van der Waals surface area (Å²) >= 11 is 0. The van der Waals surface area contributed by atoms with Gasteiger partial charge in [-0.3, -0.25) is 4.79 Å². The van der Waals surface area contributed by atoms with Crippen LogP contribution in [0.15, 0.2) is 12.2 Å². The minimum Gasteiger partial charge on any atom is -0.481 e. The SMILES string of the molecule is CC=CC(=O)OCC(CCC)C(=O)O. The van der Waals surface area contributed by atoms with Crippen LogP contribution < -0.4 is 0 Å². The minimum absolute atomic E-state index is 0.0493. The first-order valence-corrected chi connectivity index (χ1v) is 4.64. The maximum absolute atomic E-state index is 10.9. The molecule has 0 rings (SSSR count). The lowest BCUT2D eigenvalue weighted by molar-refractivity contribution is -0.148. The summed E-state index contributed by atoms with van der Waals surface area (Å²) < 4.78 is 4.75. The summed E-state index contributed by atoms with van der Waals surface area (Å²) in [5.41, 5.74) is 0. The van der Waals surface area contributed by atoms with Crippen LogP contribution in [0.5, 0.6) is 0 Å². The van der Waals surface area contributed by atoms with Gasteiger partial charge in [0, 0.05) is 6.08 Å². The van der Waals surface area contributed by atoms with Gasteiger partial charge in [0.1, 0.15) is 6.61 Å². The predicted molar refractivity (Wildman–Crippen MR) is 51.8 cm³/mol. The molecule has 1 unspecified atom stereocenters. The van der Waals surface area contributed by atoms with Gasteiger partial charge in [-0.1, -0.05) is 19.4 Å². The zero-order valence-corrected chi connectivity index (χ0v) is 8.53. The minimum atomic E-state index is -0.917. The maximum Gasteiger partial charge on any atom is 0.330 e. The lowest BCUT2D eigenvalue weighted by atomic mass is 10.1. The second-order valence-electron chi connectivity index (χ2n) is 2.95. The van der Waals surface area contributed by atoms with Crippen LogP contribution >= 0.6 is 0 Å². The van der Waals surface area contributed by atoms with Gasteiger partial charge in [-0.25, -0.2) is 4.79 Å². The molecular weight excluding hydrogens is 184 g/mol. The summed E-state index contributed by atoms with van der Waals surface area (Å²) in [6, 6.07) is 0. The Morgan fingerprint density at radius 3 is 2.57 bits per heavy atom. The molecule has 0 aliphatic heterocycles. The third-order valence-corrected chi connectivity index (χ3v) is 1.72. The molecule has 0 aromatic rings. The smallest absolute Gasteiger partial charge is 0.330 e. The molecule has 0 heterocycles. The van der Waals surface area contributed by atoms with Crippen molar-refractivity contribution in [1.29, 1.82) is 0 Å². The number of hydrogen-bond donors (Lipinski definition) is 1. The van der Waals surface area contributed by atoms with E-state index in [1.165, 1.54) is 6.08 Å². The standard InChI is InChI=1S/C10H16O4/c1-3-5-8(10(12)13)7-14-9(11)6-4-2/h4,6,8H,3,5,7H2,1-2H3,(H,12,13). The molecule has 0 spiro atoms. The number of carbonyl (C=O) groups excluding carboxylic acids is 1. The summed E-state index contributed by atoms with van der Waals surface area (Å²) in [6.45, 7) is 3.54. The molecule has 0 aromatic carbocycles. The Morgan fingerprint density at radius 2 is 2.14 bits per heavy atom. The van der Waals surface area contributed by atoms with Crippen molar-refractivity contribution in [3.8, 4) is 0 Å². The fourth-order valence-corrected chi connectivity index (χ4v) is 0.993. The number of carboxylic acids is 1. The van der Waals surface area contributed by atoms with Gasteiger partial charge in [-0.2, -0.15) is 0 Å². The molecule has 1 N–H and O–H groups in total. The number of ether oxygens (including phenoxy) is 1. The van der Waals surface area contributed by atoms with E-state index in [2.05, 4.69) is 0 Å². The van der Waals surface area contributed by atoms with Gasteiger partial charge >= 0.3 is 11.9 Å². The molecule has 0 fully saturated rings. The Morgan fingerprint density at radius 1 is 1.50 bits per heavy atom. The van der Waals surface area contributed by atoms with Gasteiger partial charge in [-0.05, 0) is 13.3 Å². The van der Waals surface area contributed by atoms with Crippen molar-refractivity contribution in [3.05, 3.63) is 12.2 Å². The van der Waals surface area contributed by atoms with Gasteiger partial charge in [0.05, 0.1) is 5.92 Å². The highest BCUT2D eigenvalue weighted by molar-refractivity contribution is 5.82. The van der Waals surface area contributed by atoms with Crippen molar-refractivity contribution < 1.29 is 19.4 Å². The summed E-state index contributed by atoms with van der Waals surface area (Å²) in [5, 5.41) is 8.74. The van der Waals surface area contributed by atoms with Crippen LogP contribution in [0.25, 0.3) is 0 Å². The third-order valence-electron chi connectivity index (χ3n) is 1.72. The van der Waals surface area contributed by atoms with Crippen LogP contribution in [-0.4, -0.2) is 23.7 Å². The highest BCUT2D eigenvalue weighted by atomic mass is 16.5. The molecule has 0 aromatic heterocycles. The number of aliphatic carboxylic acids is 1. The summed E-state index contributed by atoms with van der Waals surface area (Å²) in [7, 11) is 0. The van der Waals surface area contributed by atoms with E-state index in [0.717, 1.165) is 6.42 Å². The quantitative estimate of drug-likeness (QED) is 0.522. The van der Waals surface area contributed by atoms with Crippen LogP contribution in [-0.2, 0) is 14.3 Å². The number of rotatable bonds is 6. The molecule has 4 nitrogen and oxygen atoms in total. The van der Waals surface area contributed by atoms with E-state index in [1.54, 1.807) is 13.0 Å². The number of allylic oxidation sites excluding steroid dienone is 1. The Labute approximate surface area is 83.6 Å². The third kappa shape index (κ3) is 5.35. The van der Waals surface area contributed by atoms with Crippen molar-refractivity contribution in [1.82, 2.24) is 0 Å². The molecule has 1 atom stereocenters. The summed E-state index contributed by atoms with van der Waals surface area (Å²) in [4.78, 5) is 21.5. The summed E-state index contributed by atoms with van der Waals surface area (Å²) in [5.74, 6) is -2.00. The Balaban J connectivity index is 3.93. The zero-order chi connectivity index (χ0) is 11.0. The molecular formula is C10H16O4. The lowest BCUT2D eigenvalue weighted by Crippen LogP contribution is -2.21. The monoisotopic (exact) mass is 200 g/mol. The molecule has 0 saturated heterocycles. The van der Waals surface area contributed by atoms with Crippen molar-refractivity contribution in [2.75, 3.05) is 6.61 Å². The van der Waals surface area contributed by atoms with E-state index in [0.29, 0.717) is 6.42 Å². The largest absolute Gasteiger partial charge is 0.481 e. The average molecular weight is 200 g/mol. The topological polar surface area (TPSA) is 63.6 Å². The molecule has 14 heavy (non-hydrogen) atoms. The first-order chi connectivity index (χ1) is 6.61. The average Bonchev–Trinajstić information content (AvgIpc) is 2.12. The van der Waals surface area contributed by atoms with Crippen LogP contribution in [0.1, 0.15) is 26.7 Å². The highest BCUT2D eigenvalue weighted by Crippen LogP contribution is 2.07. The second-order valence-corrected chi connectivity index (χ2v) is 2.95. The van der Waals surface area contributed by atoms with E-state index in [1.807, 2.05) is 6.92 Å². The molecule has 0 amide bonds. The molecule has 80 valence electrons. The molecule has 0 radical (unpaired) electrons. The first kappa shape index (κ1) is 12.7. The molecule has 0 aliphatic carbocycles. The maximum atomic E-state index is 10.9. The van der Waals surface area contributed by atoms with Crippen molar-refractivity contribution in [3.63, 3.8) is 0 Å². The fraction of sp³-hybridized carbons (Fsp3) is 0.600. The van der Waals surface area contributed by atoms with Gasteiger partial charge in [0.15, 0.2) is 0 Å². The Kier molecular flexibility index (Phi) is 6.45. The molecule has 0 aliphatic rings. The van der Waals surface area contributed by atoms with Crippen LogP contribution in [0, 0.1) is 5.92 Å². The number of esters is 1. The molecule has 0 saturated carbocycles. The van der Waals surface area contributed by atoms with Crippen molar-refractivity contribution in [2.24, 2.45) is 5.92 Å². The van der Waals surface area contributed by atoms with E-state index < -0.39 is 17.9 Å².